The zero-order valence-corrected chi connectivity index (χ0v) is 21.4. The van der Waals surface area contributed by atoms with Gasteiger partial charge >= 0.3 is 11.9 Å². The molecule has 41 heavy (non-hydrogen) atoms. The van der Waals surface area contributed by atoms with Crippen molar-refractivity contribution in [1.82, 2.24) is 9.99 Å². The molecule has 0 atom stereocenters. The molecular weight excluding hydrogens is 547 g/mol. The van der Waals surface area contributed by atoms with Crippen LogP contribution in [0, 0.1) is 34.1 Å². The number of aromatic nitrogens is 1. The Morgan fingerprint density at radius 1 is 0.976 bits per heavy atom. The van der Waals surface area contributed by atoms with Crippen molar-refractivity contribution in [2.24, 2.45) is 5.10 Å². The molecule has 0 saturated carbocycles. The van der Waals surface area contributed by atoms with Crippen LogP contribution in [0.3, 0.4) is 0 Å². The Hall–Kier alpha value is -5.53. The number of nitrogens with one attached hydrogen (secondary N) is 1. The fourth-order valence-corrected chi connectivity index (χ4v) is 4.01. The van der Waals surface area contributed by atoms with Gasteiger partial charge in [-0.15, -0.1) is 0 Å². The number of amides is 1. The van der Waals surface area contributed by atoms with Crippen molar-refractivity contribution in [2.45, 2.75) is 20.0 Å². The Kier molecular flexibility index (Phi) is 7.85. The first-order chi connectivity index (χ1) is 19.3. The molecule has 1 heterocycles. The average Bonchev–Trinajstić information content (AvgIpc) is 3.21. The molecule has 0 fully saturated rings. The summed E-state index contributed by atoms with van der Waals surface area (Å²) >= 11 is 0. The van der Waals surface area contributed by atoms with Gasteiger partial charge in [0, 0.05) is 46.4 Å². The number of ether oxygens (including phenoxy) is 1. The molecule has 0 spiro atoms. The highest BCUT2D eigenvalue weighted by Gasteiger charge is 2.33. The molecule has 1 aromatic heterocycles. The number of aryl methyl sites for hydroxylation is 1. The van der Waals surface area contributed by atoms with Gasteiger partial charge in [0.1, 0.15) is 5.75 Å². The van der Waals surface area contributed by atoms with E-state index >= 15 is 0 Å². The molecule has 1 amide bonds. The maximum Gasteiger partial charge on any atom is 0.416 e. The van der Waals surface area contributed by atoms with E-state index < -0.39 is 33.2 Å². The predicted octanol–water partition coefficient (Wildman–Crippen LogP) is 6.49. The second-order valence-corrected chi connectivity index (χ2v) is 8.70. The number of rotatable bonds is 8. The number of non-ortho nitro benzene ring substituents is 1. The van der Waals surface area contributed by atoms with Crippen LogP contribution in [-0.2, 0) is 6.18 Å². The van der Waals surface area contributed by atoms with E-state index in [1.54, 1.807) is 12.1 Å². The summed E-state index contributed by atoms with van der Waals surface area (Å²) in [6, 6.07) is 15.4. The number of alkyl halides is 3. The standard InChI is InChI=1S/C27H20F3N5O6/c1-16-12-19(15-31-32-26(36)18-4-3-5-22(13-18)34(37)38)17(2)33(16)21-7-9-23(10-8-21)41-25-11-6-20(27(28,29)30)14-24(25)35(39)40/h3-15H,1-2H3,(H,32,36)/b31-15-. The van der Waals surface area contributed by atoms with Crippen LogP contribution in [0.15, 0.2) is 77.9 Å². The van der Waals surface area contributed by atoms with E-state index in [0.717, 1.165) is 23.5 Å². The highest BCUT2D eigenvalue weighted by atomic mass is 19.4. The van der Waals surface area contributed by atoms with Gasteiger partial charge in [-0.2, -0.15) is 18.3 Å². The number of hydrogen-bond donors (Lipinski definition) is 1. The van der Waals surface area contributed by atoms with Crippen molar-refractivity contribution in [1.29, 1.82) is 0 Å². The largest absolute Gasteiger partial charge is 0.450 e. The molecule has 0 aliphatic carbocycles. The lowest BCUT2D eigenvalue weighted by Gasteiger charge is -2.12. The Morgan fingerprint density at radius 2 is 1.68 bits per heavy atom. The minimum atomic E-state index is -4.74. The topological polar surface area (TPSA) is 142 Å². The Bertz CT molecular complexity index is 1680. The molecule has 0 unspecified atom stereocenters. The number of hydrazone groups is 1. The molecule has 3 aromatic carbocycles. The predicted molar refractivity (Wildman–Crippen MR) is 142 cm³/mol. The van der Waals surface area contributed by atoms with Crippen molar-refractivity contribution in [3.63, 3.8) is 0 Å². The maximum absolute atomic E-state index is 13.0. The lowest BCUT2D eigenvalue weighted by molar-refractivity contribution is -0.385. The van der Waals surface area contributed by atoms with E-state index in [1.165, 1.54) is 36.5 Å². The second-order valence-electron chi connectivity index (χ2n) is 8.70. The summed E-state index contributed by atoms with van der Waals surface area (Å²) in [4.78, 5) is 33.0. The van der Waals surface area contributed by atoms with Gasteiger partial charge in [0.15, 0.2) is 0 Å². The first-order valence-corrected chi connectivity index (χ1v) is 11.8. The number of nitro groups is 2. The monoisotopic (exact) mass is 567 g/mol. The number of halogens is 3. The summed E-state index contributed by atoms with van der Waals surface area (Å²) in [5.41, 5.74) is 3.13. The third kappa shape index (κ3) is 6.38. The van der Waals surface area contributed by atoms with Crippen LogP contribution in [0.5, 0.6) is 11.5 Å². The molecule has 11 nitrogen and oxygen atoms in total. The number of carbonyl (C=O) groups excluding carboxylic acids is 1. The smallest absolute Gasteiger partial charge is 0.416 e. The van der Waals surface area contributed by atoms with Crippen LogP contribution in [0.1, 0.15) is 32.9 Å². The average molecular weight is 567 g/mol. The zero-order valence-electron chi connectivity index (χ0n) is 21.4. The number of carbonyl (C=O) groups is 1. The van der Waals surface area contributed by atoms with Gasteiger partial charge in [0.25, 0.3) is 11.6 Å². The fraction of sp³-hybridized carbons (Fsp3) is 0.111. The van der Waals surface area contributed by atoms with E-state index in [2.05, 4.69) is 10.5 Å². The van der Waals surface area contributed by atoms with Crippen molar-refractivity contribution in [3.8, 4) is 17.2 Å². The van der Waals surface area contributed by atoms with Crippen LogP contribution < -0.4 is 10.2 Å². The summed E-state index contributed by atoms with van der Waals surface area (Å²) < 4.78 is 46.3. The minimum Gasteiger partial charge on any atom is -0.450 e. The minimum absolute atomic E-state index is 0.0748. The van der Waals surface area contributed by atoms with Gasteiger partial charge < -0.3 is 9.30 Å². The van der Waals surface area contributed by atoms with E-state index in [0.29, 0.717) is 23.4 Å². The maximum atomic E-state index is 13.0. The number of benzene rings is 3. The third-order valence-corrected chi connectivity index (χ3v) is 5.96. The summed E-state index contributed by atoms with van der Waals surface area (Å²) in [6.45, 7) is 3.65. The number of nitrogens with zero attached hydrogens (tertiary/aromatic N) is 4. The lowest BCUT2D eigenvalue weighted by Crippen LogP contribution is -2.17. The highest BCUT2D eigenvalue weighted by Crippen LogP contribution is 2.38. The summed E-state index contributed by atoms with van der Waals surface area (Å²) in [7, 11) is 0. The first kappa shape index (κ1) is 28.5. The van der Waals surface area contributed by atoms with Crippen LogP contribution in [-0.4, -0.2) is 26.5 Å². The van der Waals surface area contributed by atoms with Crippen LogP contribution in [0.4, 0.5) is 24.5 Å². The molecule has 210 valence electrons. The number of nitro benzene ring substituents is 2. The van der Waals surface area contributed by atoms with Gasteiger partial charge in [0.05, 0.1) is 21.6 Å². The summed E-state index contributed by atoms with van der Waals surface area (Å²) in [5.74, 6) is -0.790. The molecular formula is C27H20F3N5O6. The van der Waals surface area contributed by atoms with E-state index in [-0.39, 0.29) is 22.7 Å². The van der Waals surface area contributed by atoms with Crippen molar-refractivity contribution < 1.29 is 32.5 Å². The van der Waals surface area contributed by atoms with Gasteiger partial charge in [-0.25, -0.2) is 5.43 Å². The molecule has 0 aliphatic heterocycles. The van der Waals surface area contributed by atoms with Crippen molar-refractivity contribution >= 4 is 23.5 Å². The zero-order chi connectivity index (χ0) is 29.9. The number of hydrogen-bond acceptors (Lipinski definition) is 7. The molecule has 0 aliphatic rings. The molecule has 0 bridgehead atoms. The van der Waals surface area contributed by atoms with E-state index in [1.807, 2.05) is 24.5 Å². The Labute approximate surface area is 229 Å². The van der Waals surface area contributed by atoms with Gasteiger partial charge in [-0.05, 0) is 62.4 Å². The normalized spacial score (nSPS) is 11.4. The second kappa shape index (κ2) is 11.3. The molecule has 0 radical (unpaired) electrons. The van der Waals surface area contributed by atoms with Gasteiger partial charge in [-0.3, -0.25) is 25.0 Å². The molecule has 4 rings (SSSR count). The Balaban J connectivity index is 1.50. The first-order valence-electron chi connectivity index (χ1n) is 11.8. The Morgan fingerprint density at radius 3 is 2.32 bits per heavy atom. The quantitative estimate of drug-likeness (QED) is 0.147. The lowest BCUT2D eigenvalue weighted by atomic mass is 10.2. The molecule has 14 heteroatoms. The molecule has 1 N–H and O–H groups in total. The molecule has 4 aromatic rings. The summed E-state index contributed by atoms with van der Waals surface area (Å²) in [5, 5.41) is 26.2. The van der Waals surface area contributed by atoms with E-state index in [4.69, 9.17) is 4.74 Å². The third-order valence-electron chi connectivity index (χ3n) is 5.96. The van der Waals surface area contributed by atoms with Crippen molar-refractivity contribution in [2.75, 3.05) is 0 Å². The van der Waals surface area contributed by atoms with Crippen molar-refractivity contribution in [3.05, 3.63) is 121 Å². The SMILES string of the molecule is Cc1cc(/C=N\NC(=O)c2cccc([N+](=O)[O-])c2)c(C)n1-c1ccc(Oc2ccc(C(F)(F)F)cc2[N+](=O)[O-])cc1. The van der Waals surface area contributed by atoms with Crippen LogP contribution in [0.2, 0.25) is 0 Å². The highest BCUT2D eigenvalue weighted by molar-refractivity contribution is 5.95. The fourth-order valence-electron chi connectivity index (χ4n) is 4.01. The van der Waals surface area contributed by atoms with Crippen LogP contribution >= 0.6 is 0 Å². The van der Waals surface area contributed by atoms with E-state index in [9.17, 15) is 38.2 Å². The summed E-state index contributed by atoms with van der Waals surface area (Å²) in [6.07, 6.45) is -3.31. The van der Waals surface area contributed by atoms with Gasteiger partial charge in [0.2, 0.25) is 5.75 Å². The van der Waals surface area contributed by atoms with Crippen LogP contribution in [0.25, 0.3) is 5.69 Å². The molecule has 0 saturated heterocycles. The van der Waals surface area contributed by atoms with Gasteiger partial charge in [-0.1, -0.05) is 6.07 Å².